The number of hydrogen-bond acceptors (Lipinski definition) is 1. The molecule has 0 amide bonds. The van der Waals surface area contributed by atoms with E-state index in [2.05, 4.69) is 21.2 Å². The minimum absolute atomic E-state index is 0.382. The molecule has 0 spiro atoms. The van der Waals surface area contributed by atoms with Gasteiger partial charge in [0, 0.05) is 21.7 Å². The van der Waals surface area contributed by atoms with Crippen LogP contribution >= 0.6 is 27.5 Å². The van der Waals surface area contributed by atoms with E-state index in [1.165, 1.54) is 0 Å². The van der Waals surface area contributed by atoms with Crippen molar-refractivity contribution in [3.8, 4) is 0 Å². The molecule has 112 valence electrons. The van der Waals surface area contributed by atoms with Gasteiger partial charge in [0.15, 0.2) is 0 Å². The van der Waals surface area contributed by atoms with Crippen LogP contribution in [0.25, 0.3) is 0 Å². The molecule has 0 heterocycles. The lowest BCUT2D eigenvalue weighted by Gasteiger charge is -2.13. The van der Waals surface area contributed by atoms with E-state index >= 15 is 0 Å². The molecule has 6 heteroatoms. The van der Waals surface area contributed by atoms with Gasteiger partial charge in [-0.1, -0.05) is 33.6 Å². The van der Waals surface area contributed by atoms with E-state index in [-0.39, 0.29) is 0 Å². The molecule has 0 unspecified atom stereocenters. The molecule has 2 rings (SSSR count). The lowest BCUT2D eigenvalue weighted by molar-refractivity contribution is -0.137. The van der Waals surface area contributed by atoms with Crippen molar-refractivity contribution in [1.29, 1.82) is 0 Å². The Balaban J connectivity index is 2.18. The van der Waals surface area contributed by atoms with Crippen LogP contribution in [0.2, 0.25) is 5.02 Å². The topological polar surface area (TPSA) is 12.0 Å². The first-order valence-electron chi connectivity index (χ1n) is 6.12. The van der Waals surface area contributed by atoms with Crippen LogP contribution in [0.4, 0.5) is 18.9 Å². The minimum Gasteiger partial charge on any atom is -0.381 e. The largest absolute Gasteiger partial charge is 0.416 e. The molecule has 0 saturated carbocycles. The summed E-state index contributed by atoms with van der Waals surface area (Å²) in [5.74, 6) is 0. The predicted octanol–water partition coefficient (Wildman–Crippen LogP) is 6.04. The highest BCUT2D eigenvalue weighted by Crippen LogP contribution is 2.33. The Morgan fingerprint density at radius 3 is 2.48 bits per heavy atom. The molecular formula is C15H12BrClF3N. The normalized spacial score (nSPS) is 11.5. The maximum absolute atomic E-state index is 12.8. The molecule has 1 N–H and O–H groups in total. The Kier molecular flexibility index (Phi) is 4.84. The third-order valence-electron chi connectivity index (χ3n) is 3.01. The highest BCUT2D eigenvalue weighted by atomic mass is 79.9. The van der Waals surface area contributed by atoms with Gasteiger partial charge < -0.3 is 5.32 Å². The van der Waals surface area contributed by atoms with Crippen LogP contribution in [0, 0.1) is 6.92 Å². The summed E-state index contributed by atoms with van der Waals surface area (Å²) in [6.07, 6.45) is -4.36. The molecule has 0 fully saturated rings. The van der Waals surface area contributed by atoms with E-state index in [1.54, 1.807) is 12.1 Å². The van der Waals surface area contributed by atoms with Gasteiger partial charge in [-0.2, -0.15) is 13.2 Å². The number of hydrogen-bond donors (Lipinski definition) is 1. The van der Waals surface area contributed by atoms with Crippen molar-refractivity contribution < 1.29 is 13.2 Å². The highest BCUT2D eigenvalue weighted by Gasteiger charge is 2.31. The zero-order chi connectivity index (χ0) is 15.6. The molecule has 0 bridgehead atoms. The van der Waals surface area contributed by atoms with Gasteiger partial charge in [-0.3, -0.25) is 0 Å². The second-order valence-electron chi connectivity index (χ2n) is 4.65. The van der Waals surface area contributed by atoms with Crippen LogP contribution in [0.3, 0.4) is 0 Å². The first-order valence-corrected chi connectivity index (χ1v) is 7.29. The number of rotatable bonds is 3. The summed E-state index contributed by atoms with van der Waals surface area (Å²) >= 11 is 8.97. The SMILES string of the molecule is Cc1cc(Cl)ccc1CNc1cc(Br)cc(C(F)(F)F)c1. The monoisotopic (exact) mass is 377 g/mol. The van der Waals surface area contributed by atoms with E-state index in [1.807, 2.05) is 19.1 Å². The average Bonchev–Trinajstić information content (AvgIpc) is 2.36. The van der Waals surface area contributed by atoms with Crippen LogP contribution in [0.15, 0.2) is 40.9 Å². The molecule has 0 aliphatic carbocycles. The Labute approximate surface area is 134 Å². The number of aryl methyl sites for hydroxylation is 1. The van der Waals surface area contributed by atoms with Crippen molar-refractivity contribution in [3.63, 3.8) is 0 Å². The molecule has 0 radical (unpaired) electrons. The first-order chi connectivity index (χ1) is 9.75. The molecule has 0 aliphatic rings. The van der Waals surface area contributed by atoms with Crippen molar-refractivity contribution in [2.24, 2.45) is 0 Å². The number of nitrogens with one attached hydrogen (secondary N) is 1. The minimum atomic E-state index is -4.36. The summed E-state index contributed by atoms with van der Waals surface area (Å²) in [4.78, 5) is 0. The standard InChI is InChI=1S/C15H12BrClF3N/c1-9-4-13(17)3-2-10(9)8-21-14-6-11(15(18,19)20)5-12(16)7-14/h2-7,21H,8H2,1H3. The molecule has 0 aromatic heterocycles. The molecule has 1 nitrogen and oxygen atoms in total. The molecular weight excluding hydrogens is 367 g/mol. The van der Waals surface area contributed by atoms with E-state index < -0.39 is 11.7 Å². The van der Waals surface area contributed by atoms with E-state index in [0.29, 0.717) is 21.7 Å². The van der Waals surface area contributed by atoms with Gasteiger partial charge in [-0.05, 0) is 48.4 Å². The van der Waals surface area contributed by atoms with Crippen LogP contribution in [-0.2, 0) is 12.7 Å². The Morgan fingerprint density at radius 2 is 1.86 bits per heavy atom. The van der Waals surface area contributed by atoms with Gasteiger partial charge in [-0.15, -0.1) is 0 Å². The van der Waals surface area contributed by atoms with Gasteiger partial charge >= 0.3 is 6.18 Å². The molecule has 0 atom stereocenters. The molecule has 2 aromatic carbocycles. The predicted molar refractivity (Wildman–Crippen MR) is 82.7 cm³/mol. The van der Waals surface area contributed by atoms with Gasteiger partial charge in [0.25, 0.3) is 0 Å². The van der Waals surface area contributed by atoms with E-state index in [4.69, 9.17) is 11.6 Å². The van der Waals surface area contributed by atoms with Gasteiger partial charge in [0.2, 0.25) is 0 Å². The van der Waals surface area contributed by atoms with E-state index in [0.717, 1.165) is 23.3 Å². The summed E-state index contributed by atoms with van der Waals surface area (Å²) in [5, 5.41) is 3.64. The first kappa shape index (κ1) is 16.2. The number of anilines is 1. The number of halogens is 5. The number of benzene rings is 2. The van der Waals surface area contributed by atoms with Crippen LogP contribution in [0.5, 0.6) is 0 Å². The van der Waals surface area contributed by atoms with Crippen molar-refractivity contribution in [1.82, 2.24) is 0 Å². The van der Waals surface area contributed by atoms with Crippen molar-refractivity contribution in [2.45, 2.75) is 19.6 Å². The van der Waals surface area contributed by atoms with Crippen molar-refractivity contribution >= 4 is 33.2 Å². The fourth-order valence-electron chi connectivity index (χ4n) is 1.91. The fourth-order valence-corrected chi connectivity index (χ4v) is 2.63. The van der Waals surface area contributed by atoms with Gasteiger partial charge in [-0.25, -0.2) is 0 Å². The molecule has 0 saturated heterocycles. The summed E-state index contributed by atoms with van der Waals surface area (Å²) in [7, 11) is 0. The summed E-state index contributed by atoms with van der Waals surface area (Å²) in [6, 6.07) is 9.19. The fraction of sp³-hybridized carbons (Fsp3) is 0.200. The number of alkyl halides is 3. The van der Waals surface area contributed by atoms with Gasteiger partial charge in [0.1, 0.15) is 0 Å². The zero-order valence-corrected chi connectivity index (χ0v) is 13.4. The maximum Gasteiger partial charge on any atom is 0.416 e. The smallest absolute Gasteiger partial charge is 0.381 e. The lowest BCUT2D eigenvalue weighted by Crippen LogP contribution is -2.07. The molecule has 21 heavy (non-hydrogen) atoms. The summed E-state index contributed by atoms with van der Waals surface area (Å²) in [5.41, 5.74) is 1.69. The second-order valence-corrected chi connectivity index (χ2v) is 6.00. The van der Waals surface area contributed by atoms with E-state index in [9.17, 15) is 13.2 Å². The van der Waals surface area contributed by atoms with Crippen LogP contribution in [-0.4, -0.2) is 0 Å². The summed E-state index contributed by atoms with van der Waals surface area (Å²) in [6.45, 7) is 2.34. The van der Waals surface area contributed by atoms with Crippen LogP contribution < -0.4 is 5.32 Å². The van der Waals surface area contributed by atoms with Crippen molar-refractivity contribution in [2.75, 3.05) is 5.32 Å². The molecule has 0 aliphatic heterocycles. The quantitative estimate of drug-likeness (QED) is 0.686. The highest BCUT2D eigenvalue weighted by molar-refractivity contribution is 9.10. The van der Waals surface area contributed by atoms with Crippen LogP contribution in [0.1, 0.15) is 16.7 Å². The third-order valence-corrected chi connectivity index (χ3v) is 3.71. The Hall–Kier alpha value is -1.20. The second kappa shape index (κ2) is 6.28. The Bertz CT molecular complexity index is 656. The van der Waals surface area contributed by atoms with Gasteiger partial charge in [0.05, 0.1) is 5.56 Å². The average molecular weight is 379 g/mol. The lowest BCUT2D eigenvalue weighted by atomic mass is 10.1. The maximum atomic E-state index is 12.8. The third kappa shape index (κ3) is 4.38. The molecule has 2 aromatic rings. The Morgan fingerprint density at radius 1 is 1.14 bits per heavy atom. The summed E-state index contributed by atoms with van der Waals surface area (Å²) < 4.78 is 38.7. The van der Waals surface area contributed by atoms with Crippen molar-refractivity contribution in [3.05, 3.63) is 62.6 Å². The zero-order valence-electron chi connectivity index (χ0n) is 11.1.